The van der Waals surface area contributed by atoms with Crippen molar-refractivity contribution < 1.29 is 13.7 Å². The Morgan fingerprint density at radius 1 is 1.43 bits per heavy atom. The molecular weight excluding hydrogens is 308 g/mol. The second kappa shape index (κ2) is 7.41. The lowest BCUT2D eigenvalue weighted by atomic mass is 9.91. The lowest BCUT2D eigenvalue weighted by molar-refractivity contribution is 0.102. The number of carbonyl (C=O) groups excluding carboxylic acids is 1. The molecule has 1 aromatic rings. The van der Waals surface area contributed by atoms with E-state index in [0.717, 1.165) is 19.3 Å². The van der Waals surface area contributed by atoms with Gasteiger partial charge in [0.1, 0.15) is 5.75 Å². The van der Waals surface area contributed by atoms with E-state index in [9.17, 15) is 9.00 Å². The minimum atomic E-state index is -1.10. The van der Waals surface area contributed by atoms with E-state index >= 15 is 0 Å². The summed E-state index contributed by atoms with van der Waals surface area (Å²) in [5.41, 5.74) is 0.498. The fourth-order valence-corrected chi connectivity index (χ4v) is 4.68. The molecule has 3 atom stereocenters. The molecule has 2 rings (SSSR count). The van der Waals surface area contributed by atoms with Gasteiger partial charge in [-0.05, 0) is 37.0 Å². The van der Waals surface area contributed by atoms with Crippen LogP contribution in [0.4, 0.5) is 0 Å². The Morgan fingerprint density at radius 3 is 2.81 bits per heavy atom. The Balaban J connectivity index is 2.00. The van der Waals surface area contributed by atoms with Gasteiger partial charge in [-0.3, -0.25) is 9.00 Å². The van der Waals surface area contributed by atoms with Crippen LogP contribution >= 0.6 is 11.6 Å². The van der Waals surface area contributed by atoms with Gasteiger partial charge in [-0.2, -0.15) is 0 Å². The summed E-state index contributed by atoms with van der Waals surface area (Å²) in [6.07, 6.45) is 4.24. The fourth-order valence-electron chi connectivity index (χ4n) is 2.79. The highest BCUT2D eigenvalue weighted by molar-refractivity contribution is 7.86. The maximum atomic E-state index is 12.4. The quantitative estimate of drug-likeness (QED) is 0.771. The topological polar surface area (TPSA) is 43.4 Å². The largest absolute Gasteiger partial charge is 0.495 e. The van der Waals surface area contributed by atoms with E-state index in [0.29, 0.717) is 22.3 Å². The van der Waals surface area contributed by atoms with Crippen LogP contribution in [-0.2, 0) is 10.8 Å². The van der Waals surface area contributed by atoms with Gasteiger partial charge in [0.2, 0.25) is 0 Å². The van der Waals surface area contributed by atoms with E-state index in [1.807, 2.05) is 0 Å². The summed E-state index contributed by atoms with van der Waals surface area (Å²) >= 11 is 6.02. The predicted molar refractivity (Wildman–Crippen MR) is 86.8 cm³/mol. The number of methoxy groups -OCH3 is 1. The van der Waals surface area contributed by atoms with Crippen molar-refractivity contribution in [3.63, 3.8) is 0 Å². The molecule has 3 nitrogen and oxygen atoms in total. The van der Waals surface area contributed by atoms with E-state index < -0.39 is 10.8 Å². The normalized spacial score (nSPS) is 23.6. The second-order valence-corrected chi connectivity index (χ2v) is 7.82. The third-order valence-electron chi connectivity index (χ3n) is 4.01. The Labute approximate surface area is 133 Å². The predicted octanol–water partition coefficient (Wildman–Crippen LogP) is 3.86. The summed E-state index contributed by atoms with van der Waals surface area (Å²) in [7, 11) is 0.434. The minimum absolute atomic E-state index is 0.0834. The van der Waals surface area contributed by atoms with Gasteiger partial charge in [-0.25, -0.2) is 0 Å². The van der Waals surface area contributed by atoms with E-state index in [4.69, 9.17) is 16.3 Å². The number of ketones is 1. The van der Waals surface area contributed by atoms with Crippen LogP contribution in [0.15, 0.2) is 18.2 Å². The Bertz CT molecular complexity index is 544. The van der Waals surface area contributed by atoms with Gasteiger partial charge in [-0.15, -0.1) is 0 Å². The first-order valence-electron chi connectivity index (χ1n) is 7.25. The number of ether oxygens (including phenoxy) is 1. The molecule has 0 radical (unpaired) electrons. The van der Waals surface area contributed by atoms with E-state index in [2.05, 4.69) is 6.92 Å². The number of rotatable bonds is 5. The molecule has 21 heavy (non-hydrogen) atoms. The number of benzene rings is 1. The molecule has 0 amide bonds. The number of hydrogen-bond donors (Lipinski definition) is 0. The van der Waals surface area contributed by atoms with Crippen LogP contribution in [0, 0.1) is 5.92 Å². The van der Waals surface area contributed by atoms with Crippen molar-refractivity contribution in [2.24, 2.45) is 5.92 Å². The highest BCUT2D eigenvalue weighted by Crippen LogP contribution is 2.28. The van der Waals surface area contributed by atoms with Crippen molar-refractivity contribution in [2.45, 2.75) is 37.9 Å². The maximum absolute atomic E-state index is 12.4. The minimum Gasteiger partial charge on any atom is -0.495 e. The van der Waals surface area contributed by atoms with Crippen LogP contribution in [0.25, 0.3) is 0 Å². The monoisotopic (exact) mass is 328 g/mol. The van der Waals surface area contributed by atoms with Gasteiger partial charge in [0.05, 0.1) is 17.9 Å². The molecule has 3 unspecified atom stereocenters. The highest BCUT2D eigenvalue weighted by Gasteiger charge is 2.25. The van der Waals surface area contributed by atoms with Crippen molar-refractivity contribution in [3.8, 4) is 5.75 Å². The first-order chi connectivity index (χ1) is 10.0. The number of hydrogen-bond acceptors (Lipinski definition) is 3. The van der Waals surface area contributed by atoms with Crippen LogP contribution in [0.3, 0.4) is 0 Å². The molecule has 0 heterocycles. The molecular formula is C16H21ClO3S. The van der Waals surface area contributed by atoms with Crippen LogP contribution in [0.5, 0.6) is 5.75 Å². The third kappa shape index (κ3) is 4.30. The molecule has 116 valence electrons. The average Bonchev–Trinajstić information content (AvgIpc) is 2.47. The van der Waals surface area contributed by atoms with Gasteiger partial charge in [-0.1, -0.05) is 31.4 Å². The zero-order valence-electron chi connectivity index (χ0n) is 12.4. The second-order valence-electron chi connectivity index (χ2n) is 5.69. The van der Waals surface area contributed by atoms with Crippen LogP contribution in [0.1, 0.15) is 43.0 Å². The Hall–Kier alpha value is -0.870. The molecule has 1 saturated carbocycles. The Kier molecular flexibility index (Phi) is 5.82. The molecule has 0 N–H and O–H groups in total. The molecule has 0 aromatic heterocycles. The SMILES string of the molecule is COc1ccc(C(=O)CS(=O)C2CCCC(C)C2)cc1Cl. The smallest absolute Gasteiger partial charge is 0.175 e. The van der Waals surface area contributed by atoms with Crippen molar-refractivity contribution in [3.05, 3.63) is 28.8 Å². The summed E-state index contributed by atoms with van der Waals surface area (Å²) in [6.45, 7) is 2.19. The van der Waals surface area contributed by atoms with Crippen LogP contribution in [-0.4, -0.2) is 28.1 Å². The summed E-state index contributed by atoms with van der Waals surface area (Å²) in [4.78, 5) is 12.2. The van der Waals surface area contributed by atoms with Crippen molar-refractivity contribution in [1.82, 2.24) is 0 Å². The van der Waals surface area contributed by atoms with Gasteiger partial charge in [0.15, 0.2) is 5.78 Å². The fraction of sp³-hybridized carbons (Fsp3) is 0.562. The van der Waals surface area contributed by atoms with Gasteiger partial charge < -0.3 is 4.74 Å². The van der Waals surface area contributed by atoms with E-state index in [1.165, 1.54) is 13.5 Å². The van der Waals surface area contributed by atoms with Crippen LogP contribution in [0.2, 0.25) is 5.02 Å². The van der Waals surface area contributed by atoms with Gasteiger partial charge in [0, 0.05) is 21.6 Å². The first kappa shape index (κ1) is 16.5. The van der Waals surface area contributed by atoms with Crippen LogP contribution < -0.4 is 4.74 Å². The Morgan fingerprint density at radius 2 is 2.19 bits per heavy atom. The summed E-state index contributed by atoms with van der Waals surface area (Å²) in [5, 5.41) is 0.562. The van der Waals surface area contributed by atoms with Crippen molar-refractivity contribution in [1.29, 1.82) is 0 Å². The molecule has 0 saturated heterocycles. The number of Topliss-reactive ketones (excluding diaryl/α,β-unsaturated/α-hetero) is 1. The van der Waals surface area contributed by atoms with Gasteiger partial charge >= 0.3 is 0 Å². The van der Waals surface area contributed by atoms with E-state index in [1.54, 1.807) is 18.2 Å². The standard InChI is InChI=1S/C16H21ClO3S/c1-11-4-3-5-13(8-11)21(19)10-15(18)12-6-7-16(20-2)14(17)9-12/h6-7,9,11,13H,3-5,8,10H2,1-2H3. The zero-order chi connectivity index (χ0) is 15.4. The van der Waals surface area contributed by atoms with Crippen molar-refractivity contribution >= 4 is 28.2 Å². The third-order valence-corrected chi connectivity index (χ3v) is 6.02. The molecule has 0 bridgehead atoms. The molecule has 1 fully saturated rings. The number of halogens is 1. The maximum Gasteiger partial charge on any atom is 0.175 e. The molecule has 1 aliphatic carbocycles. The molecule has 0 aliphatic heterocycles. The summed E-state index contributed by atoms with van der Waals surface area (Å²) in [5.74, 6) is 1.12. The summed E-state index contributed by atoms with van der Waals surface area (Å²) < 4.78 is 17.4. The lowest BCUT2D eigenvalue weighted by Gasteiger charge is -2.25. The molecule has 0 spiro atoms. The lowest BCUT2D eigenvalue weighted by Crippen LogP contribution is -2.27. The summed E-state index contributed by atoms with van der Waals surface area (Å²) in [6, 6.07) is 4.93. The average molecular weight is 329 g/mol. The van der Waals surface area contributed by atoms with Gasteiger partial charge in [0.25, 0.3) is 0 Å². The molecule has 5 heteroatoms. The van der Waals surface area contributed by atoms with E-state index in [-0.39, 0.29) is 16.8 Å². The van der Waals surface area contributed by atoms with Crippen molar-refractivity contribution in [2.75, 3.05) is 12.9 Å². The zero-order valence-corrected chi connectivity index (χ0v) is 14.0. The first-order valence-corrected chi connectivity index (χ1v) is 9.01. The number of carbonyl (C=O) groups is 1. The molecule has 1 aliphatic rings. The molecule has 1 aromatic carbocycles. The highest BCUT2D eigenvalue weighted by atomic mass is 35.5.